The van der Waals surface area contributed by atoms with E-state index in [1.165, 1.54) is 39.5 Å². The molecule has 0 radical (unpaired) electrons. The third kappa shape index (κ3) is 4.03. The van der Waals surface area contributed by atoms with Crippen molar-refractivity contribution in [1.29, 1.82) is 0 Å². The molecule has 0 fully saturated rings. The largest absolute Gasteiger partial charge is 0.507 e. The third-order valence-electron chi connectivity index (χ3n) is 3.60. The molecule has 1 N–H and O–H groups in total. The maximum absolute atomic E-state index is 12.4. The highest BCUT2D eigenvalue weighted by molar-refractivity contribution is 6.09. The summed E-state index contributed by atoms with van der Waals surface area (Å²) in [5, 5.41) is 10.0. The second kappa shape index (κ2) is 8.10. The summed E-state index contributed by atoms with van der Waals surface area (Å²) in [7, 11) is 6.01. The van der Waals surface area contributed by atoms with Crippen LogP contribution in [0.4, 0.5) is 0 Å². The van der Waals surface area contributed by atoms with Crippen molar-refractivity contribution in [1.82, 2.24) is 0 Å². The summed E-state index contributed by atoms with van der Waals surface area (Å²) in [6.45, 7) is 0. The number of hydrogen-bond acceptors (Lipinski definition) is 6. The smallest absolute Gasteiger partial charge is 0.189 e. The predicted octanol–water partition coefficient (Wildman–Crippen LogP) is 3.32. The van der Waals surface area contributed by atoms with Crippen molar-refractivity contribution >= 4 is 11.9 Å². The van der Waals surface area contributed by atoms with Crippen molar-refractivity contribution in [3.8, 4) is 28.7 Å². The van der Waals surface area contributed by atoms with Gasteiger partial charge in [-0.1, -0.05) is 12.1 Å². The normalized spacial score (nSPS) is 10.6. The Balaban J connectivity index is 2.29. The van der Waals surface area contributed by atoms with Gasteiger partial charge in [0.25, 0.3) is 0 Å². The molecule has 0 spiro atoms. The van der Waals surface area contributed by atoms with Crippen molar-refractivity contribution in [3.63, 3.8) is 0 Å². The summed E-state index contributed by atoms with van der Waals surface area (Å²) in [6, 6.07) is 8.07. The molecular formula is C19H20O6. The number of rotatable bonds is 7. The van der Waals surface area contributed by atoms with Gasteiger partial charge in [0.05, 0.1) is 34.0 Å². The van der Waals surface area contributed by atoms with E-state index >= 15 is 0 Å². The van der Waals surface area contributed by atoms with E-state index in [2.05, 4.69) is 0 Å². The number of benzene rings is 2. The SMILES string of the molecule is COc1ccc(/C=C/C(=O)c2cc(OC)c(OC)cc2O)cc1OC. The fourth-order valence-corrected chi connectivity index (χ4v) is 2.28. The minimum Gasteiger partial charge on any atom is -0.507 e. The fourth-order valence-electron chi connectivity index (χ4n) is 2.28. The van der Waals surface area contributed by atoms with Crippen LogP contribution in [-0.4, -0.2) is 39.3 Å². The summed E-state index contributed by atoms with van der Waals surface area (Å²) in [4.78, 5) is 12.4. The zero-order chi connectivity index (χ0) is 18.4. The maximum Gasteiger partial charge on any atom is 0.189 e. The molecule has 0 aromatic heterocycles. The number of phenolic OH excluding ortho intramolecular Hbond substituents is 1. The van der Waals surface area contributed by atoms with Crippen molar-refractivity contribution < 1.29 is 28.8 Å². The fraction of sp³-hybridized carbons (Fsp3) is 0.211. The van der Waals surface area contributed by atoms with Crippen LogP contribution in [0.15, 0.2) is 36.4 Å². The van der Waals surface area contributed by atoms with Crippen LogP contribution < -0.4 is 18.9 Å². The number of carbonyl (C=O) groups excluding carboxylic acids is 1. The zero-order valence-electron chi connectivity index (χ0n) is 14.5. The first-order valence-corrected chi connectivity index (χ1v) is 7.43. The summed E-state index contributed by atoms with van der Waals surface area (Å²) in [5.74, 6) is 1.33. The van der Waals surface area contributed by atoms with Crippen LogP contribution in [0.1, 0.15) is 15.9 Å². The van der Waals surface area contributed by atoms with Crippen molar-refractivity contribution in [2.45, 2.75) is 0 Å². The topological polar surface area (TPSA) is 74.2 Å². The van der Waals surface area contributed by atoms with Gasteiger partial charge in [0.15, 0.2) is 28.8 Å². The van der Waals surface area contributed by atoms with Crippen molar-refractivity contribution in [2.24, 2.45) is 0 Å². The lowest BCUT2D eigenvalue weighted by atomic mass is 10.1. The third-order valence-corrected chi connectivity index (χ3v) is 3.60. The van der Waals surface area contributed by atoms with E-state index in [-0.39, 0.29) is 17.1 Å². The molecule has 25 heavy (non-hydrogen) atoms. The molecule has 0 amide bonds. The molecule has 2 aromatic carbocycles. The van der Waals surface area contributed by atoms with Gasteiger partial charge in [-0.2, -0.15) is 0 Å². The van der Waals surface area contributed by atoms with Gasteiger partial charge >= 0.3 is 0 Å². The zero-order valence-corrected chi connectivity index (χ0v) is 14.5. The molecule has 0 heterocycles. The minimum absolute atomic E-state index is 0.120. The van der Waals surface area contributed by atoms with Crippen LogP contribution in [0, 0.1) is 0 Å². The second-order valence-corrected chi connectivity index (χ2v) is 5.04. The summed E-state index contributed by atoms with van der Waals surface area (Å²) >= 11 is 0. The lowest BCUT2D eigenvalue weighted by molar-refractivity contribution is 0.104. The highest BCUT2D eigenvalue weighted by atomic mass is 16.5. The lowest BCUT2D eigenvalue weighted by Crippen LogP contribution is -1.98. The average molecular weight is 344 g/mol. The van der Waals surface area contributed by atoms with Crippen molar-refractivity contribution in [2.75, 3.05) is 28.4 Å². The van der Waals surface area contributed by atoms with Crippen LogP contribution in [-0.2, 0) is 0 Å². The molecule has 6 nitrogen and oxygen atoms in total. The first kappa shape index (κ1) is 18.2. The monoisotopic (exact) mass is 344 g/mol. The number of aromatic hydroxyl groups is 1. The summed E-state index contributed by atoms with van der Waals surface area (Å²) in [6.07, 6.45) is 2.99. The number of carbonyl (C=O) groups is 1. The molecular weight excluding hydrogens is 324 g/mol. The highest BCUT2D eigenvalue weighted by Crippen LogP contribution is 2.34. The molecule has 132 valence electrons. The minimum atomic E-state index is -0.367. The number of methoxy groups -OCH3 is 4. The number of ether oxygens (including phenoxy) is 4. The molecule has 0 saturated heterocycles. The van der Waals surface area contributed by atoms with Gasteiger partial charge in [0, 0.05) is 6.07 Å². The molecule has 0 aliphatic carbocycles. The molecule has 6 heteroatoms. The van der Waals surface area contributed by atoms with E-state index in [4.69, 9.17) is 18.9 Å². The lowest BCUT2D eigenvalue weighted by Gasteiger charge is -2.10. The van der Waals surface area contributed by atoms with Crippen molar-refractivity contribution in [3.05, 3.63) is 47.5 Å². The Labute approximate surface area is 146 Å². The van der Waals surface area contributed by atoms with Gasteiger partial charge in [-0.3, -0.25) is 4.79 Å². The molecule has 0 aliphatic rings. The molecule has 2 aromatic rings. The first-order valence-electron chi connectivity index (χ1n) is 7.43. The standard InChI is InChI=1S/C19H20O6/c1-22-16-8-6-12(9-17(16)23-2)5-7-14(20)13-10-18(24-3)19(25-4)11-15(13)21/h5-11,21H,1-4H3/b7-5+. The molecule has 0 bridgehead atoms. The Kier molecular flexibility index (Phi) is 5.89. The van der Waals surface area contributed by atoms with E-state index in [1.54, 1.807) is 31.4 Å². The van der Waals surface area contributed by atoms with E-state index in [0.29, 0.717) is 23.0 Å². The van der Waals surface area contributed by atoms with Gasteiger partial charge in [0.1, 0.15) is 5.75 Å². The molecule has 0 atom stereocenters. The van der Waals surface area contributed by atoms with Gasteiger partial charge in [0.2, 0.25) is 0 Å². The van der Waals surface area contributed by atoms with Gasteiger partial charge < -0.3 is 24.1 Å². The average Bonchev–Trinajstić information content (AvgIpc) is 2.65. The second-order valence-electron chi connectivity index (χ2n) is 5.04. The van der Waals surface area contributed by atoms with E-state index in [1.807, 2.05) is 0 Å². The van der Waals surface area contributed by atoms with E-state index in [9.17, 15) is 9.90 Å². The molecule has 0 aliphatic heterocycles. The number of phenols is 1. The first-order chi connectivity index (χ1) is 12.0. The Bertz CT molecular complexity index is 795. The Hall–Kier alpha value is -3.15. The van der Waals surface area contributed by atoms with Gasteiger partial charge in [-0.15, -0.1) is 0 Å². The number of ketones is 1. The number of hydrogen-bond donors (Lipinski definition) is 1. The number of allylic oxidation sites excluding steroid dienone is 1. The van der Waals surface area contributed by atoms with Gasteiger partial charge in [-0.25, -0.2) is 0 Å². The van der Waals surface area contributed by atoms with E-state index < -0.39 is 0 Å². The van der Waals surface area contributed by atoms with Crippen LogP contribution in [0.5, 0.6) is 28.7 Å². The van der Waals surface area contributed by atoms with Crippen LogP contribution in [0.3, 0.4) is 0 Å². The van der Waals surface area contributed by atoms with E-state index in [0.717, 1.165) is 5.56 Å². The maximum atomic E-state index is 12.4. The highest BCUT2D eigenvalue weighted by Gasteiger charge is 2.14. The summed E-state index contributed by atoms with van der Waals surface area (Å²) < 4.78 is 20.6. The van der Waals surface area contributed by atoms with Gasteiger partial charge in [-0.05, 0) is 29.8 Å². The molecule has 0 unspecified atom stereocenters. The quantitative estimate of drug-likeness (QED) is 0.613. The Morgan fingerprint density at radius 3 is 2.00 bits per heavy atom. The van der Waals surface area contributed by atoms with Crippen LogP contribution in [0.25, 0.3) is 6.08 Å². The molecule has 2 rings (SSSR count). The summed E-state index contributed by atoms with van der Waals surface area (Å²) in [5.41, 5.74) is 0.875. The van der Waals surface area contributed by atoms with Crippen LogP contribution >= 0.6 is 0 Å². The van der Waals surface area contributed by atoms with Crippen LogP contribution in [0.2, 0.25) is 0 Å². The molecule has 0 saturated carbocycles. The Morgan fingerprint density at radius 1 is 0.840 bits per heavy atom. The predicted molar refractivity (Wildman–Crippen MR) is 94.1 cm³/mol. The Morgan fingerprint density at radius 2 is 1.40 bits per heavy atom.